The van der Waals surface area contributed by atoms with Crippen LogP contribution in [0.2, 0.25) is 0 Å². The minimum atomic E-state index is -1.37. The number of aliphatic hydroxyl groups excluding tert-OH is 1. The Bertz CT molecular complexity index is 470. The number of allylic oxidation sites excluding steroid dienone is 3. The van der Waals surface area contributed by atoms with Crippen LogP contribution in [0.4, 0.5) is 4.39 Å². The SMILES string of the molecule is C=C[C@@]1(C)CCC=C2C1CCC1[C@](F)(CO)CCC[C@@]21C. The average Bonchev–Trinajstić information content (AvgIpc) is 2.48. The number of halogens is 1. The van der Waals surface area contributed by atoms with Crippen LogP contribution in [0.1, 0.15) is 58.8 Å². The highest BCUT2D eigenvalue weighted by Crippen LogP contribution is 2.63. The van der Waals surface area contributed by atoms with Crippen LogP contribution >= 0.6 is 0 Å². The van der Waals surface area contributed by atoms with Crippen molar-refractivity contribution in [2.45, 2.75) is 64.5 Å². The molecule has 3 aliphatic carbocycles. The summed E-state index contributed by atoms with van der Waals surface area (Å²) in [7, 11) is 0. The molecule has 2 saturated carbocycles. The van der Waals surface area contributed by atoms with Crippen LogP contribution in [0.3, 0.4) is 0 Å². The molecule has 1 N–H and O–H groups in total. The quantitative estimate of drug-likeness (QED) is 0.724. The van der Waals surface area contributed by atoms with Gasteiger partial charge in [0.1, 0.15) is 5.67 Å². The fourth-order valence-electron chi connectivity index (χ4n) is 5.69. The molecule has 0 aliphatic heterocycles. The van der Waals surface area contributed by atoms with Crippen molar-refractivity contribution in [3.63, 3.8) is 0 Å². The summed E-state index contributed by atoms with van der Waals surface area (Å²) in [4.78, 5) is 0. The van der Waals surface area contributed by atoms with E-state index in [-0.39, 0.29) is 23.4 Å². The van der Waals surface area contributed by atoms with Gasteiger partial charge >= 0.3 is 0 Å². The smallest absolute Gasteiger partial charge is 0.137 e. The summed E-state index contributed by atoms with van der Waals surface area (Å²) in [5, 5.41) is 9.64. The van der Waals surface area contributed by atoms with Crippen molar-refractivity contribution in [2.24, 2.45) is 22.7 Å². The molecule has 3 rings (SSSR count). The first-order valence-electron chi connectivity index (χ1n) is 8.53. The Kier molecular flexibility index (Phi) is 3.59. The van der Waals surface area contributed by atoms with E-state index in [1.165, 1.54) is 5.57 Å². The lowest BCUT2D eigenvalue weighted by molar-refractivity contribution is -0.0914. The van der Waals surface area contributed by atoms with Crippen LogP contribution in [0, 0.1) is 22.7 Å². The zero-order chi connectivity index (χ0) is 15.3. The van der Waals surface area contributed by atoms with E-state index in [0.717, 1.165) is 38.5 Å². The third-order valence-electron chi connectivity index (χ3n) is 7.03. The van der Waals surface area contributed by atoms with Gasteiger partial charge < -0.3 is 5.11 Å². The van der Waals surface area contributed by atoms with Crippen LogP contribution < -0.4 is 0 Å². The molecule has 0 spiro atoms. The third-order valence-corrected chi connectivity index (χ3v) is 7.03. The number of alkyl halides is 1. The monoisotopic (exact) mass is 292 g/mol. The molecule has 0 heterocycles. The van der Waals surface area contributed by atoms with Gasteiger partial charge in [0, 0.05) is 5.92 Å². The first-order chi connectivity index (χ1) is 9.89. The topological polar surface area (TPSA) is 20.2 Å². The van der Waals surface area contributed by atoms with E-state index in [4.69, 9.17) is 0 Å². The lowest BCUT2D eigenvalue weighted by atomic mass is 9.47. The fourth-order valence-corrected chi connectivity index (χ4v) is 5.69. The van der Waals surface area contributed by atoms with E-state index in [2.05, 4.69) is 32.6 Å². The maximum Gasteiger partial charge on any atom is 0.137 e. The molecular formula is C19H29FO. The standard InChI is InChI=1S/C19H29FO/c1-4-17(2)10-5-7-15-14(17)8-9-16-18(15,3)11-6-12-19(16,20)13-21/h4,7,14,16,21H,1,5-6,8-13H2,2-3H3/t14?,16?,17-,18-,19+/m0/s1. The summed E-state index contributed by atoms with van der Waals surface area (Å²) >= 11 is 0. The largest absolute Gasteiger partial charge is 0.393 e. The molecule has 21 heavy (non-hydrogen) atoms. The highest BCUT2D eigenvalue weighted by molar-refractivity contribution is 5.30. The molecule has 2 fully saturated rings. The highest BCUT2D eigenvalue weighted by Gasteiger charge is 2.58. The average molecular weight is 292 g/mol. The van der Waals surface area contributed by atoms with Crippen molar-refractivity contribution in [2.75, 3.05) is 6.61 Å². The Morgan fingerprint density at radius 3 is 2.76 bits per heavy atom. The molecule has 0 radical (unpaired) electrons. The summed E-state index contributed by atoms with van der Waals surface area (Å²) in [6, 6.07) is 0. The second-order valence-electron chi connectivity index (χ2n) is 8.05. The number of rotatable bonds is 2. The molecule has 2 heteroatoms. The molecule has 0 bridgehead atoms. The Labute approximate surface area is 128 Å². The molecule has 0 aromatic rings. The third kappa shape index (κ3) is 2.05. The Hall–Kier alpha value is -0.630. The molecule has 0 aromatic carbocycles. The first kappa shape index (κ1) is 15.3. The summed E-state index contributed by atoms with van der Waals surface area (Å²) in [6.07, 6.45) is 11.2. The molecule has 3 aliphatic rings. The van der Waals surface area contributed by atoms with Gasteiger partial charge in [0.05, 0.1) is 6.61 Å². The lowest BCUT2D eigenvalue weighted by Crippen LogP contribution is -2.55. The van der Waals surface area contributed by atoms with E-state index < -0.39 is 5.67 Å². The minimum Gasteiger partial charge on any atom is -0.393 e. The minimum absolute atomic E-state index is 0.0154. The fraction of sp³-hybridized carbons (Fsp3) is 0.789. The second-order valence-corrected chi connectivity index (χ2v) is 8.05. The van der Waals surface area contributed by atoms with E-state index in [9.17, 15) is 5.11 Å². The number of fused-ring (bicyclic) bond motifs is 3. The van der Waals surface area contributed by atoms with Crippen molar-refractivity contribution in [1.82, 2.24) is 0 Å². The Morgan fingerprint density at radius 2 is 2.10 bits per heavy atom. The van der Waals surface area contributed by atoms with Gasteiger partial charge in [-0.2, -0.15) is 0 Å². The highest BCUT2D eigenvalue weighted by atomic mass is 19.1. The van der Waals surface area contributed by atoms with Gasteiger partial charge in [-0.05, 0) is 61.7 Å². The Balaban J connectivity index is 2.02. The van der Waals surface area contributed by atoms with Crippen molar-refractivity contribution >= 4 is 0 Å². The number of aliphatic hydroxyl groups is 1. The van der Waals surface area contributed by atoms with Crippen molar-refractivity contribution in [3.05, 3.63) is 24.3 Å². The molecule has 0 amide bonds. The molecule has 0 saturated heterocycles. The van der Waals surface area contributed by atoms with Crippen molar-refractivity contribution < 1.29 is 9.50 Å². The van der Waals surface area contributed by atoms with Crippen LogP contribution in [-0.2, 0) is 0 Å². The van der Waals surface area contributed by atoms with Gasteiger partial charge in [-0.1, -0.05) is 31.6 Å². The summed E-state index contributed by atoms with van der Waals surface area (Å²) < 4.78 is 15.2. The number of hydrogen-bond acceptors (Lipinski definition) is 1. The zero-order valence-corrected chi connectivity index (χ0v) is 13.5. The van der Waals surface area contributed by atoms with Crippen molar-refractivity contribution in [3.8, 4) is 0 Å². The second kappa shape index (κ2) is 4.94. The van der Waals surface area contributed by atoms with Crippen LogP contribution in [-0.4, -0.2) is 17.4 Å². The van der Waals surface area contributed by atoms with E-state index >= 15 is 4.39 Å². The molecule has 5 atom stereocenters. The summed E-state index contributed by atoms with van der Waals surface area (Å²) in [6.45, 7) is 8.34. The maximum atomic E-state index is 15.2. The maximum absolute atomic E-state index is 15.2. The molecular weight excluding hydrogens is 263 g/mol. The molecule has 1 nitrogen and oxygen atoms in total. The normalized spacial score (nSPS) is 49.8. The van der Waals surface area contributed by atoms with Gasteiger partial charge in [0.2, 0.25) is 0 Å². The van der Waals surface area contributed by atoms with Crippen molar-refractivity contribution in [1.29, 1.82) is 0 Å². The van der Waals surface area contributed by atoms with Crippen LogP contribution in [0.5, 0.6) is 0 Å². The van der Waals surface area contributed by atoms with Gasteiger partial charge in [-0.3, -0.25) is 0 Å². The lowest BCUT2D eigenvalue weighted by Gasteiger charge is -2.58. The summed E-state index contributed by atoms with van der Waals surface area (Å²) in [5.74, 6) is 0.504. The van der Waals surface area contributed by atoms with Gasteiger partial charge in [-0.15, -0.1) is 6.58 Å². The molecule has 2 unspecified atom stereocenters. The van der Waals surface area contributed by atoms with Gasteiger partial charge in [-0.25, -0.2) is 4.39 Å². The van der Waals surface area contributed by atoms with E-state index in [1.807, 2.05) is 0 Å². The summed E-state index contributed by atoms with van der Waals surface area (Å²) in [5.41, 5.74) is 0.195. The zero-order valence-electron chi connectivity index (χ0n) is 13.5. The Morgan fingerprint density at radius 1 is 1.33 bits per heavy atom. The van der Waals surface area contributed by atoms with E-state index in [0.29, 0.717) is 12.3 Å². The van der Waals surface area contributed by atoms with E-state index in [1.54, 1.807) is 0 Å². The van der Waals surface area contributed by atoms with Crippen LogP contribution in [0.25, 0.3) is 0 Å². The number of hydrogen-bond donors (Lipinski definition) is 1. The van der Waals surface area contributed by atoms with Crippen LogP contribution in [0.15, 0.2) is 24.3 Å². The molecule has 118 valence electrons. The van der Waals surface area contributed by atoms with Gasteiger partial charge in [0.15, 0.2) is 0 Å². The predicted octanol–water partition coefficient (Wildman–Crippen LogP) is 4.82. The first-order valence-corrected chi connectivity index (χ1v) is 8.53. The van der Waals surface area contributed by atoms with Gasteiger partial charge in [0.25, 0.3) is 0 Å². The molecule has 0 aromatic heterocycles. The predicted molar refractivity (Wildman–Crippen MR) is 84.7 cm³/mol.